The van der Waals surface area contributed by atoms with Gasteiger partial charge in [0.05, 0.1) is 13.2 Å². The van der Waals surface area contributed by atoms with Crippen LogP contribution in [0.5, 0.6) is 5.75 Å². The van der Waals surface area contributed by atoms with Crippen molar-refractivity contribution in [3.63, 3.8) is 0 Å². The second-order valence-electron chi connectivity index (χ2n) is 4.52. The summed E-state index contributed by atoms with van der Waals surface area (Å²) in [5.41, 5.74) is 2.75. The van der Waals surface area contributed by atoms with Gasteiger partial charge in [0, 0.05) is 19.6 Å². The minimum absolute atomic E-state index is 0.435. The van der Waals surface area contributed by atoms with Crippen LogP contribution in [0.2, 0.25) is 0 Å². The molecular weight excluding hydrogens is 214 g/mol. The van der Waals surface area contributed by atoms with Crippen molar-refractivity contribution in [2.45, 2.75) is 25.3 Å². The van der Waals surface area contributed by atoms with E-state index in [-0.39, 0.29) is 0 Å². The van der Waals surface area contributed by atoms with Crippen LogP contribution in [-0.4, -0.2) is 33.4 Å². The molecule has 1 aromatic carbocycles. The Morgan fingerprint density at radius 3 is 3.12 bits per heavy atom. The highest BCUT2D eigenvalue weighted by Gasteiger charge is 2.12. The fraction of sp³-hybridized carbons (Fsp3) is 0.571. The number of hydrogen-bond acceptors (Lipinski definition) is 3. The molecule has 0 fully saturated rings. The van der Waals surface area contributed by atoms with E-state index in [0.717, 1.165) is 38.2 Å². The van der Waals surface area contributed by atoms with E-state index in [1.807, 2.05) is 7.05 Å². The van der Waals surface area contributed by atoms with Crippen LogP contribution >= 0.6 is 0 Å². The number of likely N-dealkylation sites (N-methyl/N-ethyl adjacent to an activating group) is 1. The Morgan fingerprint density at radius 1 is 1.47 bits per heavy atom. The van der Waals surface area contributed by atoms with Gasteiger partial charge in [-0.25, -0.2) is 0 Å². The monoisotopic (exact) mass is 235 g/mol. The molecule has 1 aromatic rings. The lowest BCUT2D eigenvalue weighted by atomic mass is 10.0. The summed E-state index contributed by atoms with van der Waals surface area (Å²) in [6, 6.07) is 6.98. The number of nitrogens with one attached hydrogen (secondary N) is 1. The summed E-state index contributed by atoms with van der Waals surface area (Å²) in [6.45, 7) is 1.60. The molecule has 3 heteroatoms. The number of benzene rings is 1. The lowest BCUT2D eigenvalue weighted by Crippen LogP contribution is -2.30. The van der Waals surface area contributed by atoms with Gasteiger partial charge in [0.15, 0.2) is 0 Å². The van der Waals surface area contributed by atoms with Crippen LogP contribution in [0.4, 0.5) is 0 Å². The van der Waals surface area contributed by atoms with E-state index >= 15 is 0 Å². The maximum atomic E-state index is 5.51. The average molecular weight is 235 g/mol. The average Bonchev–Trinajstić information content (AvgIpc) is 2.81. The van der Waals surface area contributed by atoms with Crippen molar-refractivity contribution >= 4 is 0 Å². The van der Waals surface area contributed by atoms with Crippen molar-refractivity contribution in [2.24, 2.45) is 0 Å². The number of ether oxygens (including phenoxy) is 2. The van der Waals surface area contributed by atoms with Gasteiger partial charge in [-0.05, 0) is 37.1 Å². The summed E-state index contributed by atoms with van der Waals surface area (Å²) in [5, 5.41) is 3.28. The van der Waals surface area contributed by atoms with E-state index in [1.165, 1.54) is 11.1 Å². The van der Waals surface area contributed by atoms with Gasteiger partial charge in [-0.15, -0.1) is 0 Å². The SMILES string of the molecule is CNC(CCc1ccc2c(c1)CCO2)COC. The van der Waals surface area contributed by atoms with Gasteiger partial charge >= 0.3 is 0 Å². The van der Waals surface area contributed by atoms with E-state index in [9.17, 15) is 0 Å². The minimum atomic E-state index is 0.435. The first-order chi connectivity index (χ1) is 8.33. The van der Waals surface area contributed by atoms with Crippen LogP contribution in [-0.2, 0) is 17.6 Å². The summed E-state index contributed by atoms with van der Waals surface area (Å²) >= 11 is 0. The van der Waals surface area contributed by atoms with Gasteiger partial charge in [0.2, 0.25) is 0 Å². The van der Waals surface area contributed by atoms with Crippen molar-refractivity contribution in [3.05, 3.63) is 29.3 Å². The third-order valence-corrected chi connectivity index (χ3v) is 3.31. The molecule has 1 aliphatic rings. The first-order valence-corrected chi connectivity index (χ1v) is 6.24. The van der Waals surface area contributed by atoms with Crippen LogP contribution in [0, 0.1) is 0 Å². The van der Waals surface area contributed by atoms with Crippen LogP contribution in [0.25, 0.3) is 0 Å². The normalized spacial score (nSPS) is 15.4. The van der Waals surface area contributed by atoms with Crippen molar-refractivity contribution in [3.8, 4) is 5.75 Å². The predicted octanol–water partition coefficient (Wildman–Crippen LogP) is 1.79. The first kappa shape index (κ1) is 12.4. The number of methoxy groups -OCH3 is 1. The fourth-order valence-corrected chi connectivity index (χ4v) is 2.25. The molecular formula is C14H21NO2. The quantitative estimate of drug-likeness (QED) is 0.815. The Balaban J connectivity index is 1.90. The van der Waals surface area contributed by atoms with Gasteiger partial charge in [0.25, 0.3) is 0 Å². The zero-order valence-corrected chi connectivity index (χ0v) is 10.7. The van der Waals surface area contributed by atoms with Crippen LogP contribution in [0.1, 0.15) is 17.5 Å². The summed E-state index contributed by atoms with van der Waals surface area (Å²) in [4.78, 5) is 0. The van der Waals surface area contributed by atoms with Gasteiger partial charge in [-0.3, -0.25) is 0 Å². The van der Waals surface area contributed by atoms with E-state index in [2.05, 4.69) is 23.5 Å². The molecule has 1 unspecified atom stereocenters. The Morgan fingerprint density at radius 2 is 2.35 bits per heavy atom. The Hall–Kier alpha value is -1.06. The molecule has 0 saturated carbocycles. The van der Waals surface area contributed by atoms with Crippen LogP contribution in [0.15, 0.2) is 18.2 Å². The molecule has 0 saturated heterocycles. The van der Waals surface area contributed by atoms with Crippen molar-refractivity contribution in [1.82, 2.24) is 5.32 Å². The van der Waals surface area contributed by atoms with Gasteiger partial charge < -0.3 is 14.8 Å². The first-order valence-electron chi connectivity index (χ1n) is 6.24. The third kappa shape index (κ3) is 3.20. The van der Waals surface area contributed by atoms with E-state index in [4.69, 9.17) is 9.47 Å². The Bertz CT molecular complexity index is 365. The lowest BCUT2D eigenvalue weighted by molar-refractivity contribution is 0.166. The minimum Gasteiger partial charge on any atom is -0.493 e. The largest absolute Gasteiger partial charge is 0.493 e. The molecule has 1 aliphatic heterocycles. The summed E-state index contributed by atoms with van der Waals surface area (Å²) in [5.74, 6) is 1.07. The van der Waals surface area contributed by atoms with Crippen molar-refractivity contribution < 1.29 is 9.47 Å². The molecule has 17 heavy (non-hydrogen) atoms. The number of fused-ring (bicyclic) bond motifs is 1. The molecule has 0 amide bonds. The zero-order valence-electron chi connectivity index (χ0n) is 10.7. The summed E-state index contributed by atoms with van der Waals surface area (Å²) in [7, 11) is 3.73. The Labute approximate surface area is 103 Å². The molecule has 2 rings (SSSR count). The highest BCUT2D eigenvalue weighted by molar-refractivity contribution is 5.39. The lowest BCUT2D eigenvalue weighted by Gasteiger charge is -2.15. The molecule has 1 atom stereocenters. The molecule has 0 aliphatic carbocycles. The van der Waals surface area contributed by atoms with E-state index in [1.54, 1.807) is 7.11 Å². The summed E-state index contributed by atoms with van der Waals surface area (Å²) in [6.07, 6.45) is 3.24. The maximum Gasteiger partial charge on any atom is 0.122 e. The molecule has 94 valence electrons. The molecule has 1 heterocycles. The highest BCUT2D eigenvalue weighted by Crippen LogP contribution is 2.26. The van der Waals surface area contributed by atoms with Crippen molar-refractivity contribution in [1.29, 1.82) is 0 Å². The standard InChI is InChI=1S/C14H21NO2/c1-15-13(10-16-2)5-3-11-4-6-14-12(9-11)7-8-17-14/h4,6,9,13,15H,3,5,7-8,10H2,1-2H3. The van der Waals surface area contributed by atoms with Crippen LogP contribution in [0.3, 0.4) is 0 Å². The van der Waals surface area contributed by atoms with Gasteiger partial charge in [-0.2, -0.15) is 0 Å². The molecule has 3 nitrogen and oxygen atoms in total. The van der Waals surface area contributed by atoms with Gasteiger partial charge in [0.1, 0.15) is 5.75 Å². The molecule has 1 N–H and O–H groups in total. The highest BCUT2D eigenvalue weighted by atomic mass is 16.5. The zero-order chi connectivity index (χ0) is 12.1. The summed E-state index contributed by atoms with van der Waals surface area (Å²) < 4.78 is 10.7. The van der Waals surface area contributed by atoms with Crippen molar-refractivity contribution in [2.75, 3.05) is 27.4 Å². The molecule has 0 spiro atoms. The van der Waals surface area contributed by atoms with Gasteiger partial charge in [-0.1, -0.05) is 12.1 Å². The smallest absolute Gasteiger partial charge is 0.122 e. The second-order valence-corrected chi connectivity index (χ2v) is 4.52. The number of rotatable bonds is 6. The third-order valence-electron chi connectivity index (χ3n) is 3.31. The van der Waals surface area contributed by atoms with E-state index in [0.29, 0.717) is 6.04 Å². The topological polar surface area (TPSA) is 30.5 Å². The maximum absolute atomic E-state index is 5.51. The number of hydrogen-bond donors (Lipinski definition) is 1. The Kier molecular flexibility index (Phi) is 4.40. The predicted molar refractivity (Wildman–Crippen MR) is 68.7 cm³/mol. The second kappa shape index (κ2) is 6.03. The number of aryl methyl sites for hydroxylation is 1. The fourth-order valence-electron chi connectivity index (χ4n) is 2.25. The van der Waals surface area contributed by atoms with Crippen LogP contribution < -0.4 is 10.1 Å². The molecule has 0 aromatic heterocycles. The molecule has 0 bridgehead atoms. The van der Waals surface area contributed by atoms with E-state index < -0.39 is 0 Å². The molecule has 0 radical (unpaired) electrons.